The average molecular weight is 265 g/mol. The van der Waals surface area contributed by atoms with Gasteiger partial charge in [-0.2, -0.15) is 0 Å². The van der Waals surface area contributed by atoms with E-state index in [1.54, 1.807) is 13.8 Å². The maximum atomic E-state index is 12.9. The summed E-state index contributed by atoms with van der Waals surface area (Å²) in [5.74, 6) is -2.28. The number of benzene rings is 1. The number of anilines is 1. The Labute approximate surface area is 105 Å². The van der Waals surface area contributed by atoms with Crippen LogP contribution in [-0.4, -0.2) is 12.5 Å². The standard InChI is InChI=1S/C11H14F2N2O.ClH/c1-11(2,6-14)10(16)15-7-3-4-8(12)9(13)5-7;/h3-5H,6,14H2,1-2H3,(H,15,16);1H. The Hall–Kier alpha value is -1.20. The molecule has 3 N–H and O–H groups in total. The number of carbonyl (C=O) groups is 1. The predicted molar refractivity (Wildman–Crippen MR) is 65.1 cm³/mol. The zero-order valence-corrected chi connectivity index (χ0v) is 10.4. The van der Waals surface area contributed by atoms with Crippen LogP contribution in [0.4, 0.5) is 14.5 Å². The molecule has 0 radical (unpaired) electrons. The van der Waals surface area contributed by atoms with Gasteiger partial charge < -0.3 is 11.1 Å². The predicted octanol–water partition coefficient (Wildman–Crippen LogP) is 2.31. The molecule has 0 aliphatic carbocycles. The highest BCUT2D eigenvalue weighted by atomic mass is 35.5. The summed E-state index contributed by atoms with van der Waals surface area (Å²) in [5, 5.41) is 2.48. The summed E-state index contributed by atoms with van der Waals surface area (Å²) in [4.78, 5) is 11.7. The Bertz CT molecular complexity index is 410. The molecular formula is C11H15ClF2N2O. The molecule has 96 valence electrons. The number of halogens is 3. The van der Waals surface area contributed by atoms with Crippen molar-refractivity contribution < 1.29 is 13.6 Å². The van der Waals surface area contributed by atoms with Crippen molar-refractivity contribution >= 4 is 24.0 Å². The van der Waals surface area contributed by atoms with Gasteiger partial charge in [-0.25, -0.2) is 8.78 Å². The van der Waals surface area contributed by atoms with Crippen LogP contribution in [0.1, 0.15) is 13.8 Å². The molecule has 0 aliphatic rings. The third-order valence-electron chi connectivity index (χ3n) is 2.30. The normalized spacial score (nSPS) is 10.6. The molecule has 1 rings (SSSR count). The fourth-order valence-electron chi connectivity index (χ4n) is 0.967. The van der Waals surface area contributed by atoms with E-state index < -0.39 is 17.0 Å². The van der Waals surface area contributed by atoms with Crippen LogP contribution >= 0.6 is 12.4 Å². The monoisotopic (exact) mass is 264 g/mol. The summed E-state index contributed by atoms with van der Waals surface area (Å²) >= 11 is 0. The number of nitrogens with two attached hydrogens (primary N) is 1. The molecule has 1 amide bonds. The Balaban J connectivity index is 0.00000256. The van der Waals surface area contributed by atoms with E-state index in [2.05, 4.69) is 5.32 Å². The maximum Gasteiger partial charge on any atom is 0.231 e. The van der Waals surface area contributed by atoms with Crippen LogP contribution < -0.4 is 11.1 Å². The third kappa shape index (κ3) is 3.94. The van der Waals surface area contributed by atoms with E-state index in [-0.39, 0.29) is 30.5 Å². The quantitative estimate of drug-likeness (QED) is 0.880. The number of carbonyl (C=O) groups excluding carboxylic acids is 1. The molecular weight excluding hydrogens is 250 g/mol. The van der Waals surface area contributed by atoms with Crippen molar-refractivity contribution in [1.29, 1.82) is 0 Å². The minimum Gasteiger partial charge on any atom is -0.329 e. The van der Waals surface area contributed by atoms with Gasteiger partial charge >= 0.3 is 0 Å². The van der Waals surface area contributed by atoms with Gasteiger partial charge in [0.2, 0.25) is 5.91 Å². The SMILES string of the molecule is CC(C)(CN)C(=O)Nc1ccc(F)c(F)c1.Cl. The highest BCUT2D eigenvalue weighted by Crippen LogP contribution is 2.18. The summed E-state index contributed by atoms with van der Waals surface area (Å²) in [6, 6.07) is 3.18. The largest absolute Gasteiger partial charge is 0.329 e. The first-order valence-corrected chi connectivity index (χ1v) is 4.83. The Kier molecular flexibility index (Phi) is 5.51. The van der Waals surface area contributed by atoms with Gasteiger partial charge in [0.15, 0.2) is 11.6 Å². The second kappa shape index (κ2) is 5.93. The molecule has 0 aliphatic heterocycles. The molecule has 1 aromatic carbocycles. The molecule has 0 unspecified atom stereocenters. The Morgan fingerprint density at radius 2 is 1.94 bits per heavy atom. The summed E-state index contributed by atoms with van der Waals surface area (Å²) in [6.45, 7) is 3.51. The van der Waals surface area contributed by atoms with Gasteiger partial charge in [-0.1, -0.05) is 0 Å². The molecule has 0 fully saturated rings. The molecule has 0 saturated heterocycles. The van der Waals surface area contributed by atoms with Crippen LogP contribution in [0.25, 0.3) is 0 Å². The highest BCUT2D eigenvalue weighted by molar-refractivity contribution is 5.94. The molecule has 0 aromatic heterocycles. The zero-order valence-electron chi connectivity index (χ0n) is 9.59. The van der Waals surface area contributed by atoms with Crippen molar-refractivity contribution in [1.82, 2.24) is 0 Å². The number of hydrogen-bond donors (Lipinski definition) is 2. The van der Waals surface area contributed by atoms with Gasteiger partial charge in [0.1, 0.15) is 0 Å². The summed E-state index contributed by atoms with van der Waals surface area (Å²) in [6.07, 6.45) is 0. The molecule has 0 atom stereocenters. The van der Waals surface area contributed by atoms with E-state index in [4.69, 9.17) is 5.73 Å². The first kappa shape index (κ1) is 15.8. The number of amides is 1. The molecule has 0 heterocycles. The first-order chi connectivity index (χ1) is 7.36. The van der Waals surface area contributed by atoms with Crippen LogP contribution in [0.3, 0.4) is 0 Å². The molecule has 0 spiro atoms. The van der Waals surface area contributed by atoms with Crippen LogP contribution in [0.2, 0.25) is 0 Å². The fourth-order valence-corrected chi connectivity index (χ4v) is 0.967. The molecule has 1 aromatic rings. The van der Waals surface area contributed by atoms with E-state index in [0.717, 1.165) is 12.1 Å². The van der Waals surface area contributed by atoms with Crippen molar-refractivity contribution in [3.8, 4) is 0 Å². The van der Waals surface area contributed by atoms with Gasteiger partial charge in [0.25, 0.3) is 0 Å². The van der Waals surface area contributed by atoms with Gasteiger partial charge in [-0.3, -0.25) is 4.79 Å². The first-order valence-electron chi connectivity index (χ1n) is 4.83. The van der Waals surface area contributed by atoms with Crippen LogP contribution in [0.15, 0.2) is 18.2 Å². The summed E-state index contributed by atoms with van der Waals surface area (Å²) in [5.41, 5.74) is 4.89. The average Bonchev–Trinajstić information content (AvgIpc) is 2.23. The molecule has 0 bridgehead atoms. The smallest absolute Gasteiger partial charge is 0.231 e. The maximum absolute atomic E-state index is 12.9. The van der Waals surface area contributed by atoms with Crippen LogP contribution in [0.5, 0.6) is 0 Å². The number of rotatable bonds is 3. The molecule has 17 heavy (non-hydrogen) atoms. The lowest BCUT2D eigenvalue weighted by atomic mass is 9.92. The minimum atomic E-state index is -0.997. The van der Waals surface area contributed by atoms with Crippen molar-refractivity contribution in [3.05, 3.63) is 29.8 Å². The minimum absolute atomic E-state index is 0. The lowest BCUT2D eigenvalue weighted by molar-refractivity contribution is -0.123. The van der Waals surface area contributed by atoms with Gasteiger partial charge in [0.05, 0.1) is 5.41 Å². The van der Waals surface area contributed by atoms with E-state index >= 15 is 0 Å². The van der Waals surface area contributed by atoms with Gasteiger partial charge in [-0.05, 0) is 26.0 Å². The topological polar surface area (TPSA) is 55.1 Å². The van der Waals surface area contributed by atoms with Crippen LogP contribution in [-0.2, 0) is 4.79 Å². The third-order valence-corrected chi connectivity index (χ3v) is 2.30. The van der Waals surface area contributed by atoms with E-state index in [9.17, 15) is 13.6 Å². The number of hydrogen-bond acceptors (Lipinski definition) is 2. The lowest BCUT2D eigenvalue weighted by Gasteiger charge is -2.21. The van der Waals surface area contributed by atoms with E-state index in [1.807, 2.05) is 0 Å². The number of nitrogens with one attached hydrogen (secondary N) is 1. The van der Waals surface area contributed by atoms with E-state index in [1.165, 1.54) is 6.07 Å². The Morgan fingerprint density at radius 1 is 1.35 bits per heavy atom. The Morgan fingerprint density at radius 3 is 2.41 bits per heavy atom. The van der Waals surface area contributed by atoms with Gasteiger partial charge in [0, 0.05) is 18.3 Å². The van der Waals surface area contributed by atoms with Crippen LogP contribution in [0, 0.1) is 17.0 Å². The van der Waals surface area contributed by atoms with Gasteiger partial charge in [-0.15, -0.1) is 12.4 Å². The molecule has 6 heteroatoms. The second-order valence-electron chi connectivity index (χ2n) is 4.17. The molecule has 0 saturated carbocycles. The highest BCUT2D eigenvalue weighted by Gasteiger charge is 2.25. The van der Waals surface area contributed by atoms with Crippen molar-refractivity contribution in [2.45, 2.75) is 13.8 Å². The summed E-state index contributed by atoms with van der Waals surface area (Å²) in [7, 11) is 0. The fraction of sp³-hybridized carbons (Fsp3) is 0.364. The lowest BCUT2D eigenvalue weighted by Crippen LogP contribution is -2.37. The van der Waals surface area contributed by atoms with Crippen molar-refractivity contribution in [3.63, 3.8) is 0 Å². The second-order valence-corrected chi connectivity index (χ2v) is 4.17. The van der Waals surface area contributed by atoms with E-state index in [0.29, 0.717) is 0 Å². The molecule has 3 nitrogen and oxygen atoms in total. The van der Waals surface area contributed by atoms with Crippen molar-refractivity contribution in [2.24, 2.45) is 11.1 Å². The van der Waals surface area contributed by atoms with Crippen molar-refractivity contribution in [2.75, 3.05) is 11.9 Å². The summed E-state index contributed by atoms with van der Waals surface area (Å²) < 4.78 is 25.5. The zero-order chi connectivity index (χ0) is 12.3.